The first-order chi connectivity index (χ1) is 15.5. The molecule has 1 amide bonds. The van der Waals surface area contributed by atoms with Gasteiger partial charge in [0.05, 0.1) is 6.54 Å². The standard InChI is InChI=1S/C24H29N7O/c1-18-14-26-7-6-22(18)30-8-10-31(11-9-30)24-27-15-21(16-28-24)20-5-3-4-19(12-20)17-29(2)23(32)13-25/h3-7,12,14-16H,8-11,13,17,25H2,1-2H3. The normalized spacial score (nSPS) is 13.8. The first-order valence-electron chi connectivity index (χ1n) is 10.8. The number of anilines is 2. The number of pyridine rings is 1. The van der Waals surface area contributed by atoms with Gasteiger partial charge in [-0.05, 0) is 35.7 Å². The van der Waals surface area contributed by atoms with E-state index in [1.165, 1.54) is 11.3 Å². The third-order valence-corrected chi connectivity index (χ3v) is 5.81. The second kappa shape index (κ2) is 9.74. The van der Waals surface area contributed by atoms with Crippen molar-refractivity contribution in [1.82, 2.24) is 19.9 Å². The SMILES string of the molecule is Cc1cnccc1N1CCN(c2ncc(-c3cccc(CN(C)C(=O)CN)c3)cn2)CC1. The smallest absolute Gasteiger partial charge is 0.236 e. The van der Waals surface area contributed by atoms with Crippen molar-refractivity contribution in [2.75, 3.05) is 49.6 Å². The molecule has 0 bridgehead atoms. The van der Waals surface area contributed by atoms with Crippen LogP contribution >= 0.6 is 0 Å². The first kappa shape index (κ1) is 21.7. The van der Waals surface area contributed by atoms with Gasteiger partial charge in [0.2, 0.25) is 11.9 Å². The molecule has 1 aliphatic heterocycles. The number of aryl methyl sites for hydroxylation is 1. The third-order valence-electron chi connectivity index (χ3n) is 5.81. The first-order valence-corrected chi connectivity index (χ1v) is 10.8. The lowest BCUT2D eigenvalue weighted by molar-refractivity contribution is -0.128. The monoisotopic (exact) mass is 431 g/mol. The number of carbonyl (C=O) groups excluding carboxylic acids is 1. The molecule has 4 rings (SSSR count). The number of carbonyl (C=O) groups is 1. The summed E-state index contributed by atoms with van der Waals surface area (Å²) in [7, 11) is 1.76. The number of aromatic nitrogens is 3. The maximum atomic E-state index is 11.7. The molecule has 0 radical (unpaired) electrons. The Hall–Kier alpha value is -3.52. The molecular formula is C24H29N7O. The lowest BCUT2D eigenvalue weighted by Gasteiger charge is -2.36. The van der Waals surface area contributed by atoms with Crippen LogP contribution in [-0.2, 0) is 11.3 Å². The van der Waals surface area contributed by atoms with Crippen LogP contribution in [0.4, 0.5) is 11.6 Å². The van der Waals surface area contributed by atoms with Crippen molar-refractivity contribution in [1.29, 1.82) is 0 Å². The van der Waals surface area contributed by atoms with E-state index >= 15 is 0 Å². The van der Waals surface area contributed by atoms with E-state index in [2.05, 4.69) is 43.8 Å². The van der Waals surface area contributed by atoms with Gasteiger partial charge in [-0.15, -0.1) is 0 Å². The number of likely N-dealkylation sites (N-methyl/N-ethyl adjacent to an activating group) is 1. The van der Waals surface area contributed by atoms with Gasteiger partial charge in [-0.1, -0.05) is 18.2 Å². The molecule has 3 aromatic rings. The minimum Gasteiger partial charge on any atom is -0.368 e. The Bertz CT molecular complexity index is 1060. The number of hydrogen-bond acceptors (Lipinski definition) is 7. The van der Waals surface area contributed by atoms with Gasteiger partial charge in [0.1, 0.15) is 0 Å². The van der Waals surface area contributed by atoms with E-state index in [0.717, 1.165) is 48.8 Å². The highest BCUT2D eigenvalue weighted by Gasteiger charge is 2.20. The quantitative estimate of drug-likeness (QED) is 0.639. The van der Waals surface area contributed by atoms with E-state index in [1.54, 1.807) is 11.9 Å². The Kier molecular flexibility index (Phi) is 6.61. The van der Waals surface area contributed by atoms with Gasteiger partial charge < -0.3 is 20.4 Å². The fourth-order valence-electron chi connectivity index (χ4n) is 3.97. The fourth-order valence-corrected chi connectivity index (χ4v) is 3.97. The number of amides is 1. The summed E-state index contributed by atoms with van der Waals surface area (Å²) in [6.07, 6.45) is 7.50. The maximum Gasteiger partial charge on any atom is 0.236 e. The second-order valence-electron chi connectivity index (χ2n) is 8.06. The predicted molar refractivity (Wildman–Crippen MR) is 126 cm³/mol. The van der Waals surface area contributed by atoms with E-state index in [1.807, 2.05) is 43.0 Å². The zero-order valence-electron chi connectivity index (χ0n) is 18.6. The summed E-state index contributed by atoms with van der Waals surface area (Å²) >= 11 is 0. The minimum atomic E-state index is -0.0812. The second-order valence-corrected chi connectivity index (χ2v) is 8.06. The summed E-state index contributed by atoms with van der Waals surface area (Å²) < 4.78 is 0. The van der Waals surface area contributed by atoms with Crippen LogP contribution in [0.3, 0.4) is 0 Å². The van der Waals surface area contributed by atoms with Gasteiger partial charge in [-0.2, -0.15) is 0 Å². The molecule has 1 aromatic carbocycles. The van der Waals surface area contributed by atoms with Crippen LogP contribution in [0, 0.1) is 6.92 Å². The van der Waals surface area contributed by atoms with Crippen molar-refractivity contribution in [2.24, 2.45) is 5.73 Å². The van der Waals surface area contributed by atoms with Crippen molar-refractivity contribution >= 4 is 17.5 Å². The van der Waals surface area contributed by atoms with Crippen LogP contribution in [0.15, 0.2) is 55.1 Å². The molecule has 0 spiro atoms. The summed E-state index contributed by atoms with van der Waals surface area (Å²) in [6, 6.07) is 10.2. The summed E-state index contributed by atoms with van der Waals surface area (Å²) in [5, 5.41) is 0. The van der Waals surface area contributed by atoms with Crippen LogP contribution < -0.4 is 15.5 Å². The van der Waals surface area contributed by atoms with Gasteiger partial charge in [-0.25, -0.2) is 9.97 Å². The highest BCUT2D eigenvalue weighted by molar-refractivity contribution is 5.77. The Morgan fingerprint density at radius 1 is 1.03 bits per heavy atom. The van der Waals surface area contributed by atoms with Crippen LogP contribution in [-0.4, -0.2) is 65.5 Å². The molecule has 8 nitrogen and oxygen atoms in total. The van der Waals surface area contributed by atoms with Crippen LogP contribution in [0.1, 0.15) is 11.1 Å². The maximum absolute atomic E-state index is 11.7. The lowest BCUT2D eigenvalue weighted by atomic mass is 10.1. The van der Waals surface area contributed by atoms with E-state index < -0.39 is 0 Å². The lowest BCUT2D eigenvalue weighted by Crippen LogP contribution is -2.47. The Labute approximate surface area is 188 Å². The van der Waals surface area contributed by atoms with Crippen molar-refractivity contribution in [3.63, 3.8) is 0 Å². The zero-order chi connectivity index (χ0) is 22.5. The molecule has 1 fully saturated rings. The van der Waals surface area contributed by atoms with Crippen molar-refractivity contribution in [3.8, 4) is 11.1 Å². The molecule has 2 aromatic heterocycles. The number of rotatable bonds is 6. The molecule has 2 N–H and O–H groups in total. The van der Waals surface area contributed by atoms with Crippen molar-refractivity contribution in [2.45, 2.75) is 13.5 Å². The van der Waals surface area contributed by atoms with Crippen molar-refractivity contribution in [3.05, 3.63) is 66.2 Å². The number of nitrogens with two attached hydrogens (primary N) is 1. The van der Waals surface area contributed by atoms with Gasteiger partial charge in [0.25, 0.3) is 0 Å². The summed E-state index contributed by atoms with van der Waals surface area (Å²) in [6.45, 7) is 6.22. The van der Waals surface area contributed by atoms with Gasteiger partial charge in [-0.3, -0.25) is 9.78 Å². The third kappa shape index (κ3) is 4.86. The van der Waals surface area contributed by atoms with Crippen LogP contribution in [0.5, 0.6) is 0 Å². The molecule has 0 atom stereocenters. The average Bonchev–Trinajstić information content (AvgIpc) is 2.84. The number of piperazine rings is 1. The predicted octanol–water partition coefficient (Wildman–Crippen LogP) is 2.09. The summed E-state index contributed by atoms with van der Waals surface area (Å²) in [4.78, 5) is 31.4. The molecule has 0 saturated carbocycles. The Balaban J connectivity index is 1.40. The fraction of sp³-hybridized carbons (Fsp3) is 0.333. The van der Waals surface area contributed by atoms with E-state index in [-0.39, 0.29) is 12.5 Å². The summed E-state index contributed by atoms with van der Waals surface area (Å²) in [5.41, 5.74) is 10.9. The van der Waals surface area contributed by atoms with E-state index in [4.69, 9.17) is 5.73 Å². The molecule has 1 saturated heterocycles. The van der Waals surface area contributed by atoms with Crippen LogP contribution in [0.25, 0.3) is 11.1 Å². The molecular weight excluding hydrogens is 402 g/mol. The number of benzene rings is 1. The van der Waals surface area contributed by atoms with E-state index in [9.17, 15) is 4.79 Å². The Morgan fingerprint density at radius 3 is 2.44 bits per heavy atom. The molecule has 32 heavy (non-hydrogen) atoms. The topological polar surface area (TPSA) is 91.5 Å². The average molecular weight is 432 g/mol. The largest absolute Gasteiger partial charge is 0.368 e. The summed E-state index contributed by atoms with van der Waals surface area (Å²) in [5.74, 6) is 0.673. The minimum absolute atomic E-state index is 0.0158. The molecule has 8 heteroatoms. The highest BCUT2D eigenvalue weighted by Crippen LogP contribution is 2.23. The van der Waals surface area contributed by atoms with Gasteiger partial charge in [0, 0.05) is 75.8 Å². The molecule has 166 valence electrons. The van der Waals surface area contributed by atoms with Gasteiger partial charge >= 0.3 is 0 Å². The number of nitrogens with zero attached hydrogens (tertiary/aromatic N) is 6. The molecule has 0 unspecified atom stereocenters. The highest BCUT2D eigenvalue weighted by atomic mass is 16.2. The van der Waals surface area contributed by atoms with Gasteiger partial charge in [0.15, 0.2) is 0 Å². The van der Waals surface area contributed by atoms with E-state index in [0.29, 0.717) is 6.54 Å². The molecule has 0 aliphatic carbocycles. The Morgan fingerprint density at radius 2 is 1.75 bits per heavy atom. The zero-order valence-corrected chi connectivity index (χ0v) is 18.6. The van der Waals surface area contributed by atoms with Crippen LogP contribution in [0.2, 0.25) is 0 Å². The molecule has 1 aliphatic rings. The van der Waals surface area contributed by atoms with Crippen molar-refractivity contribution < 1.29 is 4.79 Å². The molecule has 3 heterocycles. The number of hydrogen-bond donors (Lipinski definition) is 1.